The van der Waals surface area contributed by atoms with E-state index in [4.69, 9.17) is 0 Å². The van der Waals surface area contributed by atoms with Gasteiger partial charge in [0, 0.05) is 28.0 Å². The third-order valence-electron chi connectivity index (χ3n) is 6.71. The molecule has 0 heterocycles. The van der Waals surface area contributed by atoms with E-state index in [0.717, 1.165) is 12.8 Å². The molecule has 2 aromatic carbocycles. The summed E-state index contributed by atoms with van der Waals surface area (Å²) in [6.45, 7) is 4.50. The molecule has 0 aromatic heterocycles. The first-order chi connectivity index (χ1) is 16.1. The molecule has 2 aromatic rings. The van der Waals surface area contributed by atoms with Crippen LogP contribution in [-0.2, 0) is 34.8 Å². The van der Waals surface area contributed by atoms with Crippen molar-refractivity contribution in [1.29, 1.82) is 0 Å². The summed E-state index contributed by atoms with van der Waals surface area (Å²) in [6.07, 6.45) is 20.4. The summed E-state index contributed by atoms with van der Waals surface area (Å²) >= 11 is 0. The molecule has 1 N–H and O–H groups in total. The van der Waals surface area contributed by atoms with Crippen LogP contribution in [0.25, 0.3) is 0 Å². The van der Waals surface area contributed by atoms with E-state index in [1.807, 2.05) is 48.5 Å². The van der Waals surface area contributed by atoms with Crippen LogP contribution in [0.1, 0.15) is 115 Å². The van der Waals surface area contributed by atoms with Gasteiger partial charge in [-0.15, -0.1) is 0 Å². The van der Waals surface area contributed by atoms with Gasteiger partial charge in [-0.25, -0.2) is 0 Å². The van der Waals surface area contributed by atoms with Gasteiger partial charge in [0.25, 0.3) is 7.37 Å². The van der Waals surface area contributed by atoms with E-state index >= 15 is 0 Å². The van der Waals surface area contributed by atoms with Gasteiger partial charge in [0.15, 0.2) is 0 Å². The molecule has 0 fully saturated rings. The fourth-order valence-corrected chi connectivity index (χ4v) is 5.86. The van der Waals surface area contributed by atoms with E-state index in [9.17, 15) is 9.46 Å². The fourth-order valence-electron chi connectivity index (χ4n) is 4.45. The fraction of sp³-hybridized carbons (Fsp3) is 0.600. The number of benzene rings is 2. The smallest absolute Gasteiger partial charge is 0.258 e. The van der Waals surface area contributed by atoms with Crippen LogP contribution in [0.5, 0.6) is 0 Å². The van der Waals surface area contributed by atoms with E-state index in [-0.39, 0.29) is 17.4 Å². The van der Waals surface area contributed by atoms with Crippen LogP contribution in [-0.4, -0.2) is 4.89 Å². The summed E-state index contributed by atoms with van der Waals surface area (Å²) in [4.78, 5) is 10.8. The molecule has 0 bridgehead atoms. The monoisotopic (exact) mass is 522 g/mol. The van der Waals surface area contributed by atoms with Crippen molar-refractivity contribution < 1.29 is 26.8 Å². The normalized spacial score (nSPS) is 11.4. The molecule has 0 spiro atoms. The molecule has 0 amide bonds. The van der Waals surface area contributed by atoms with Crippen molar-refractivity contribution in [3.63, 3.8) is 0 Å². The molecular weight excluding hydrogens is 475 g/mol. The summed E-state index contributed by atoms with van der Waals surface area (Å²) < 4.78 is 13.2. The minimum absolute atomic E-state index is 0. The topological polar surface area (TPSA) is 37.3 Å². The molecule has 0 atom stereocenters. The van der Waals surface area contributed by atoms with Crippen molar-refractivity contribution in [2.24, 2.45) is 0 Å². The van der Waals surface area contributed by atoms with Crippen molar-refractivity contribution >= 4 is 18.0 Å². The van der Waals surface area contributed by atoms with Crippen LogP contribution in [0.2, 0.25) is 0 Å². The molecule has 0 aliphatic heterocycles. The van der Waals surface area contributed by atoms with Crippen molar-refractivity contribution in [3.8, 4) is 0 Å². The summed E-state index contributed by atoms with van der Waals surface area (Å²) in [5, 5.41) is 1.07. The van der Waals surface area contributed by atoms with E-state index in [0.29, 0.717) is 10.6 Å². The maximum absolute atomic E-state index is 13.2. The van der Waals surface area contributed by atoms with Gasteiger partial charge in [-0.05, 0) is 61.1 Å². The zero-order valence-corrected chi connectivity index (χ0v) is 23.8. The van der Waals surface area contributed by atoms with E-state index < -0.39 is 7.37 Å². The second-order valence-electron chi connectivity index (χ2n) is 9.65. The Balaban J connectivity index is 0.00000578. The largest absolute Gasteiger partial charge is 0.338 e. The molecule has 0 saturated carbocycles. The molecule has 0 radical (unpaired) electrons. The molecule has 34 heavy (non-hydrogen) atoms. The average molecular weight is 523 g/mol. The zero-order valence-electron chi connectivity index (χ0n) is 21.6. The average Bonchev–Trinajstić information content (AvgIpc) is 2.83. The van der Waals surface area contributed by atoms with Crippen LogP contribution < -0.4 is 10.6 Å². The van der Waals surface area contributed by atoms with Crippen LogP contribution in [0.3, 0.4) is 0 Å². The maximum atomic E-state index is 13.2. The van der Waals surface area contributed by atoms with Crippen LogP contribution in [0.15, 0.2) is 48.5 Å². The van der Waals surface area contributed by atoms with Gasteiger partial charge in [0.1, 0.15) is 0 Å². The Morgan fingerprint density at radius 1 is 0.529 bits per heavy atom. The molecular formula is C30H47CrO2P. The molecule has 0 saturated heterocycles. The van der Waals surface area contributed by atoms with Gasteiger partial charge in [-0.1, -0.05) is 115 Å². The number of unbranched alkanes of at least 4 members (excludes halogenated alkanes) is 12. The van der Waals surface area contributed by atoms with Gasteiger partial charge in [-0.2, -0.15) is 0 Å². The molecule has 0 aliphatic carbocycles. The van der Waals surface area contributed by atoms with Gasteiger partial charge < -0.3 is 4.89 Å². The number of hydrogen-bond donors (Lipinski definition) is 1. The molecule has 4 heteroatoms. The first kappa shape index (κ1) is 31.2. The molecule has 0 unspecified atom stereocenters. The molecule has 190 valence electrons. The van der Waals surface area contributed by atoms with Crippen LogP contribution in [0, 0.1) is 0 Å². The van der Waals surface area contributed by atoms with Crippen LogP contribution >= 0.6 is 7.37 Å². The second kappa shape index (κ2) is 18.4. The van der Waals surface area contributed by atoms with Crippen molar-refractivity contribution in [1.82, 2.24) is 0 Å². The number of aryl methyl sites for hydroxylation is 2. The van der Waals surface area contributed by atoms with Gasteiger partial charge in [-0.3, -0.25) is 4.57 Å². The standard InChI is InChI=1S/C30H47O2P.Cr/c1-3-5-7-9-11-13-15-17-27-19-23-29(24-20-27)33(31,32)30-25-21-28(22-26-30)18-16-14-12-10-8-6-4-2;/h19-26H,3-18H2,1-2H3,(H,31,32);. The minimum atomic E-state index is -3.53. The second-order valence-corrected chi connectivity index (χ2v) is 11.8. The summed E-state index contributed by atoms with van der Waals surface area (Å²) in [6, 6.07) is 15.5. The number of hydrogen-bond acceptors (Lipinski definition) is 1. The summed E-state index contributed by atoms with van der Waals surface area (Å²) in [7, 11) is -3.53. The summed E-state index contributed by atoms with van der Waals surface area (Å²) in [5.74, 6) is 0. The molecule has 2 nitrogen and oxygen atoms in total. The molecule has 0 aliphatic rings. The van der Waals surface area contributed by atoms with Gasteiger partial charge in [0.05, 0.1) is 0 Å². The Labute approximate surface area is 220 Å². The Hall–Kier alpha value is -0.838. The SMILES string of the molecule is CCCCCCCCCc1ccc(P(=O)(O)c2ccc(CCCCCCCCC)cc2)cc1.[Cr]. The number of rotatable bonds is 18. The summed E-state index contributed by atoms with van der Waals surface area (Å²) in [5.41, 5.74) is 2.52. The molecule has 2 rings (SSSR count). The maximum Gasteiger partial charge on any atom is 0.258 e. The van der Waals surface area contributed by atoms with Crippen LogP contribution in [0.4, 0.5) is 0 Å². The Kier molecular flexibility index (Phi) is 16.9. The van der Waals surface area contributed by atoms with Crippen molar-refractivity contribution in [2.75, 3.05) is 0 Å². The van der Waals surface area contributed by atoms with E-state index in [2.05, 4.69) is 13.8 Å². The first-order valence-corrected chi connectivity index (χ1v) is 15.3. The van der Waals surface area contributed by atoms with Gasteiger partial charge in [0.2, 0.25) is 0 Å². The van der Waals surface area contributed by atoms with Crippen molar-refractivity contribution in [2.45, 2.75) is 117 Å². The third kappa shape index (κ3) is 11.7. The first-order valence-electron chi connectivity index (χ1n) is 13.6. The Bertz CT molecular complexity index is 736. The predicted octanol–water partition coefficient (Wildman–Crippen LogP) is 8.49. The minimum Gasteiger partial charge on any atom is -0.338 e. The quantitative estimate of drug-likeness (QED) is 0.157. The Morgan fingerprint density at radius 3 is 1.15 bits per heavy atom. The van der Waals surface area contributed by atoms with E-state index in [1.54, 1.807) is 0 Å². The van der Waals surface area contributed by atoms with Crippen molar-refractivity contribution in [3.05, 3.63) is 59.7 Å². The Morgan fingerprint density at radius 2 is 0.824 bits per heavy atom. The van der Waals surface area contributed by atoms with Gasteiger partial charge >= 0.3 is 0 Å². The predicted molar refractivity (Wildman–Crippen MR) is 145 cm³/mol. The third-order valence-corrected chi connectivity index (χ3v) is 8.71. The van der Waals surface area contributed by atoms with E-state index in [1.165, 1.54) is 101 Å². The zero-order chi connectivity index (χ0) is 23.8.